The van der Waals surface area contributed by atoms with Gasteiger partial charge in [-0.1, -0.05) is 18.2 Å². The van der Waals surface area contributed by atoms with Crippen molar-refractivity contribution in [2.45, 2.75) is 18.7 Å². The van der Waals surface area contributed by atoms with Gasteiger partial charge < -0.3 is 15.4 Å². The summed E-state index contributed by atoms with van der Waals surface area (Å²) in [5.74, 6) is 1.73. The lowest BCUT2D eigenvalue weighted by Gasteiger charge is -2.12. The molecule has 0 unspecified atom stereocenters. The summed E-state index contributed by atoms with van der Waals surface area (Å²) in [6.45, 7) is 3.69. The summed E-state index contributed by atoms with van der Waals surface area (Å²) in [5, 5.41) is 6.42. The fraction of sp³-hybridized carbons (Fsp3) is 0.120. The summed E-state index contributed by atoms with van der Waals surface area (Å²) in [4.78, 5) is 9.11. The van der Waals surface area contributed by atoms with Crippen LogP contribution in [0.25, 0.3) is 0 Å². The van der Waals surface area contributed by atoms with Crippen LogP contribution < -0.4 is 20.1 Å². The first-order chi connectivity index (χ1) is 16.3. The van der Waals surface area contributed by atoms with Crippen LogP contribution in [-0.4, -0.2) is 25.5 Å². The highest BCUT2D eigenvalue weighted by Gasteiger charge is 2.16. The quantitative estimate of drug-likeness (QED) is 0.314. The Balaban J connectivity index is 1.46. The van der Waals surface area contributed by atoms with Crippen molar-refractivity contribution in [3.05, 3.63) is 90.1 Å². The Morgan fingerprint density at radius 3 is 2.12 bits per heavy atom. The minimum absolute atomic E-state index is 0.166. The third-order valence-corrected chi connectivity index (χ3v) is 6.35. The van der Waals surface area contributed by atoms with Crippen LogP contribution in [0.15, 0.2) is 83.8 Å². The molecule has 3 N–H and O–H groups in total. The van der Waals surface area contributed by atoms with E-state index >= 15 is 0 Å². The second-order valence-corrected chi connectivity index (χ2v) is 9.33. The Morgan fingerprint density at radius 2 is 1.44 bits per heavy atom. The van der Waals surface area contributed by atoms with Crippen molar-refractivity contribution in [3.8, 4) is 5.75 Å². The van der Waals surface area contributed by atoms with E-state index in [1.54, 1.807) is 50.4 Å². The molecule has 0 atom stereocenters. The fourth-order valence-electron chi connectivity index (χ4n) is 3.34. The van der Waals surface area contributed by atoms with E-state index in [4.69, 9.17) is 4.74 Å². The molecule has 0 spiro atoms. The number of rotatable bonds is 8. The Bertz CT molecular complexity index is 1390. The monoisotopic (exact) mass is 475 g/mol. The number of benzene rings is 3. The maximum atomic E-state index is 12.8. The number of hydrogen-bond donors (Lipinski definition) is 3. The number of hydrogen-bond acceptors (Lipinski definition) is 7. The summed E-state index contributed by atoms with van der Waals surface area (Å²) >= 11 is 0. The van der Waals surface area contributed by atoms with Crippen LogP contribution in [0.1, 0.15) is 11.3 Å². The molecule has 1 heterocycles. The lowest BCUT2D eigenvalue weighted by Crippen LogP contribution is -2.13. The number of ether oxygens (including phenoxy) is 1. The standard InChI is InChI=1S/C25H25N5O3S/c1-17-15-22(13-14-23(17)33-3)34(31,32)30-21-11-9-20(10-12-21)28-25-26-18(2)16-24(29-25)27-19-7-5-4-6-8-19/h4-16,30H,1-3H3,(H2,26,27,28,29). The number of aromatic nitrogens is 2. The molecule has 4 aromatic rings. The number of nitrogens with one attached hydrogen (secondary N) is 3. The van der Waals surface area contributed by atoms with E-state index in [1.807, 2.05) is 43.3 Å². The van der Waals surface area contributed by atoms with Crippen LogP contribution in [0.3, 0.4) is 0 Å². The second-order valence-electron chi connectivity index (χ2n) is 7.65. The van der Waals surface area contributed by atoms with E-state index in [2.05, 4.69) is 25.3 Å². The van der Waals surface area contributed by atoms with Crippen molar-refractivity contribution in [1.82, 2.24) is 9.97 Å². The van der Waals surface area contributed by atoms with Gasteiger partial charge in [0.25, 0.3) is 10.0 Å². The van der Waals surface area contributed by atoms with E-state index in [9.17, 15) is 8.42 Å². The molecule has 8 nitrogen and oxygen atoms in total. The minimum atomic E-state index is -3.73. The third-order valence-electron chi connectivity index (χ3n) is 4.97. The molecule has 0 saturated carbocycles. The number of methoxy groups -OCH3 is 1. The summed E-state index contributed by atoms with van der Waals surface area (Å²) in [6.07, 6.45) is 0. The summed E-state index contributed by atoms with van der Waals surface area (Å²) in [6, 6.07) is 23.2. The van der Waals surface area contributed by atoms with Gasteiger partial charge in [0, 0.05) is 28.8 Å². The largest absolute Gasteiger partial charge is 0.496 e. The zero-order valence-corrected chi connectivity index (χ0v) is 19.8. The molecule has 0 radical (unpaired) electrons. The average Bonchev–Trinajstić information content (AvgIpc) is 2.80. The van der Waals surface area contributed by atoms with Crippen LogP contribution in [-0.2, 0) is 10.0 Å². The van der Waals surface area contributed by atoms with Crippen LogP contribution in [0, 0.1) is 13.8 Å². The molecule has 0 fully saturated rings. The van der Waals surface area contributed by atoms with Crippen molar-refractivity contribution in [2.75, 3.05) is 22.5 Å². The maximum Gasteiger partial charge on any atom is 0.261 e. The zero-order chi connectivity index (χ0) is 24.1. The van der Waals surface area contributed by atoms with E-state index in [-0.39, 0.29) is 4.90 Å². The van der Waals surface area contributed by atoms with Crippen LogP contribution in [0.4, 0.5) is 28.8 Å². The molecule has 0 aliphatic carbocycles. The predicted octanol–water partition coefficient (Wildman–Crippen LogP) is 5.39. The topological polar surface area (TPSA) is 105 Å². The average molecular weight is 476 g/mol. The molecule has 0 amide bonds. The van der Waals surface area contributed by atoms with E-state index in [1.165, 1.54) is 6.07 Å². The molecular formula is C25H25N5O3S. The Hall–Kier alpha value is -4.11. The van der Waals surface area contributed by atoms with Crippen LogP contribution in [0.5, 0.6) is 5.75 Å². The highest BCUT2D eigenvalue weighted by molar-refractivity contribution is 7.92. The van der Waals surface area contributed by atoms with Crippen molar-refractivity contribution in [3.63, 3.8) is 0 Å². The first kappa shape index (κ1) is 23.1. The molecule has 4 rings (SSSR count). The second kappa shape index (κ2) is 9.80. The number of anilines is 5. The first-order valence-electron chi connectivity index (χ1n) is 10.5. The van der Waals surface area contributed by atoms with Gasteiger partial charge in [-0.2, -0.15) is 4.98 Å². The highest BCUT2D eigenvalue weighted by atomic mass is 32.2. The van der Waals surface area contributed by atoms with Gasteiger partial charge in [0.1, 0.15) is 11.6 Å². The lowest BCUT2D eigenvalue weighted by atomic mass is 10.2. The van der Waals surface area contributed by atoms with E-state index in [0.29, 0.717) is 23.2 Å². The lowest BCUT2D eigenvalue weighted by molar-refractivity contribution is 0.411. The fourth-order valence-corrected chi connectivity index (χ4v) is 4.48. The third kappa shape index (κ3) is 5.62. The van der Waals surface area contributed by atoms with Gasteiger partial charge in [-0.25, -0.2) is 13.4 Å². The number of sulfonamides is 1. The van der Waals surface area contributed by atoms with E-state index in [0.717, 1.165) is 22.6 Å². The van der Waals surface area contributed by atoms with Gasteiger partial charge in [-0.05, 0) is 74.0 Å². The molecule has 0 aliphatic rings. The van der Waals surface area contributed by atoms with Crippen molar-refractivity contribution >= 4 is 38.9 Å². The highest BCUT2D eigenvalue weighted by Crippen LogP contribution is 2.25. The minimum Gasteiger partial charge on any atom is -0.496 e. The van der Waals surface area contributed by atoms with Gasteiger partial charge in [0.2, 0.25) is 5.95 Å². The molecule has 3 aromatic carbocycles. The predicted molar refractivity (Wildman–Crippen MR) is 135 cm³/mol. The van der Waals surface area contributed by atoms with Crippen molar-refractivity contribution in [2.24, 2.45) is 0 Å². The molecule has 9 heteroatoms. The zero-order valence-electron chi connectivity index (χ0n) is 19.0. The number of aryl methyl sites for hydroxylation is 2. The molecule has 0 bridgehead atoms. The normalized spacial score (nSPS) is 11.0. The van der Waals surface area contributed by atoms with Gasteiger partial charge in [0.05, 0.1) is 12.0 Å². The Morgan fingerprint density at radius 1 is 0.765 bits per heavy atom. The number of para-hydroxylation sites is 1. The first-order valence-corrected chi connectivity index (χ1v) is 12.0. The maximum absolute atomic E-state index is 12.8. The molecule has 1 aromatic heterocycles. The van der Waals surface area contributed by atoms with Crippen molar-refractivity contribution in [1.29, 1.82) is 0 Å². The molecular weight excluding hydrogens is 450 g/mol. The van der Waals surface area contributed by atoms with Gasteiger partial charge >= 0.3 is 0 Å². The SMILES string of the molecule is COc1ccc(S(=O)(=O)Nc2ccc(Nc3nc(C)cc(Nc4ccccc4)n3)cc2)cc1C. The van der Waals surface area contributed by atoms with E-state index < -0.39 is 10.0 Å². The van der Waals surface area contributed by atoms with Crippen molar-refractivity contribution < 1.29 is 13.2 Å². The summed E-state index contributed by atoms with van der Waals surface area (Å²) in [7, 11) is -2.18. The summed E-state index contributed by atoms with van der Waals surface area (Å²) in [5.41, 5.74) is 3.63. The van der Waals surface area contributed by atoms with Crippen LogP contribution >= 0.6 is 0 Å². The molecule has 0 saturated heterocycles. The summed E-state index contributed by atoms with van der Waals surface area (Å²) < 4.78 is 33.3. The number of nitrogens with zero attached hydrogens (tertiary/aromatic N) is 2. The van der Waals surface area contributed by atoms with Gasteiger partial charge in [-0.15, -0.1) is 0 Å². The Kier molecular flexibility index (Phi) is 6.65. The molecule has 34 heavy (non-hydrogen) atoms. The van der Waals surface area contributed by atoms with Gasteiger partial charge in [-0.3, -0.25) is 4.72 Å². The molecule has 174 valence electrons. The Labute approximate surface area is 199 Å². The smallest absolute Gasteiger partial charge is 0.261 e. The molecule has 0 aliphatic heterocycles. The van der Waals surface area contributed by atoms with Crippen LogP contribution in [0.2, 0.25) is 0 Å². The van der Waals surface area contributed by atoms with Gasteiger partial charge in [0.15, 0.2) is 0 Å².